The molecule has 0 fully saturated rings. The van der Waals surface area contributed by atoms with Crippen LogP contribution in [0.15, 0.2) is 73.2 Å². The van der Waals surface area contributed by atoms with Crippen LogP contribution < -0.4 is 14.8 Å². The van der Waals surface area contributed by atoms with Gasteiger partial charge in [0, 0.05) is 35.4 Å². The predicted octanol–water partition coefficient (Wildman–Crippen LogP) is 4.62. The van der Waals surface area contributed by atoms with E-state index in [1.807, 2.05) is 37.3 Å². The first kappa shape index (κ1) is 20.2. The van der Waals surface area contributed by atoms with Crippen molar-refractivity contribution in [3.63, 3.8) is 0 Å². The second-order valence-electron chi connectivity index (χ2n) is 6.89. The van der Waals surface area contributed by atoms with Crippen LogP contribution in [0.3, 0.4) is 0 Å². The zero-order valence-electron chi connectivity index (χ0n) is 17.3. The van der Waals surface area contributed by atoms with Crippen LogP contribution in [0.25, 0.3) is 11.4 Å². The summed E-state index contributed by atoms with van der Waals surface area (Å²) in [5, 5.41) is 2.97. The molecular weight excluding hydrogens is 392 g/mol. The van der Waals surface area contributed by atoms with Gasteiger partial charge in [0.15, 0.2) is 0 Å². The maximum Gasteiger partial charge on any atom is 0.255 e. The van der Waals surface area contributed by atoms with Gasteiger partial charge in [0.1, 0.15) is 29.6 Å². The normalized spacial score (nSPS) is 10.5. The minimum absolute atomic E-state index is 0.197. The second kappa shape index (κ2) is 9.13. The smallest absolute Gasteiger partial charge is 0.255 e. The first-order valence-electron chi connectivity index (χ1n) is 9.76. The first-order chi connectivity index (χ1) is 15.1. The van der Waals surface area contributed by atoms with Crippen LogP contribution in [0.4, 0.5) is 5.69 Å². The number of rotatable bonds is 7. The maximum absolute atomic E-state index is 12.7. The van der Waals surface area contributed by atoms with Gasteiger partial charge in [-0.25, -0.2) is 4.98 Å². The van der Waals surface area contributed by atoms with E-state index >= 15 is 0 Å². The quantitative estimate of drug-likeness (QED) is 0.461. The number of amides is 1. The van der Waals surface area contributed by atoms with E-state index in [-0.39, 0.29) is 12.5 Å². The summed E-state index contributed by atoms with van der Waals surface area (Å²) in [7, 11) is 1.60. The maximum atomic E-state index is 12.7. The number of H-pyrrole nitrogens is 1. The molecule has 2 aromatic carbocycles. The molecule has 4 rings (SSSR count). The average molecular weight is 414 g/mol. The van der Waals surface area contributed by atoms with E-state index in [9.17, 15) is 4.79 Å². The number of benzene rings is 2. The molecule has 0 saturated carbocycles. The molecule has 0 aliphatic carbocycles. The summed E-state index contributed by atoms with van der Waals surface area (Å²) in [6, 6.07) is 16.4. The molecule has 2 N–H and O–H groups in total. The van der Waals surface area contributed by atoms with Crippen LogP contribution in [0.1, 0.15) is 21.6 Å². The van der Waals surface area contributed by atoms with Gasteiger partial charge in [-0.05, 0) is 55.0 Å². The summed E-state index contributed by atoms with van der Waals surface area (Å²) in [6.45, 7) is 2.22. The highest BCUT2D eigenvalue weighted by atomic mass is 16.5. The number of methoxy groups -OCH3 is 1. The van der Waals surface area contributed by atoms with Crippen LogP contribution in [-0.2, 0) is 6.61 Å². The van der Waals surface area contributed by atoms with Gasteiger partial charge in [0.25, 0.3) is 5.91 Å². The number of aromatic nitrogens is 3. The third kappa shape index (κ3) is 4.72. The highest BCUT2D eigenvalue weighted by Gasteiger charge is 2.11. The molecule has 1 amide bonds. The van der Waals surface area contributed by atoms with E-state index < -0.39 is 0 Å². The second-order valence-corrected chi connectivity index (χ2v) is 6.89. The fourth-order valence-corrected chi connectivity index (χ4v) is 3.09. The lowest BCUT2D eigenvalue weighted by molar-refractivity contribution is 0.102. The third-order valence-corrected chi connectivity index (χ3v) is 4.82. The van der Waals surface area contributed by atoms with E-state index in [0.29, 0.717) is 22.8 Å². The Hall–Kier alpha value is -4.13. The Morgan fingerprint density at radius 3 is 2.65 bits per heavy atom. The van der Waals surface area contributed by atoms with Crippen LogP contribution >= 0.6 is 0 Å². The van der Waals surface area contributed by atoms with Crippen molar-refractivity contribution in [3.8, 4) is 22.9 Å². The van der Waals surface area contributed by atoms with Gasteiger partial charge in [-0.15, -0.1) is 0 Å². The summed E-state index contributed by atoms with van der Waals surface area (Å²) in [4.78, 5) is 24.3. The Morgan fingerprint density at radius 2 is 1.90 bits per heavy atom. The molecule has 156 valence electrons. The lowest BCUT2D eigenvalue weighted by atomic mass is 10.1. The third-order valence-electron chi connectivity index (χ3n) is 4.82. The van der Waals surface area contributed by atoms with Gasteiger partial charge in [-0.1, -0.05) is 12.1 Å². The summed E-state index contributed by atoms with van der Waals surface area (Å²) in [5.41, 5.74) is 3.85. The lowest BCUT2D eigenvalue weighted by Crippen LogP contribution is -2.12. The standard InChI is InChI=1S/C24H22N4O3/c1-16-5-6-18(23-26-12-13-27-23)14-20(16)28-24(29)17-7-9-19(10-8-17)31-15-21-22(30-2)4-3-11-25-21/h3-14H,15H2,1-2H3,(H,26,27)(H,28,29). The fraction of sp³-hybridized carbons (Fsp3) is 0.125. The van der Waals surface area contributed by atoms with Crippen molar-refractivity contribution in [3.05, 3.63) is 90.0 Å². The number of hydrogen-bond acceptors (Lipinski definition) is 5. The number of carbonyl (C=O) groups excluding carboxylic acids is 1. The first-order valence-corrected chi connectivity index (χ1v) is 9.76. The number of aryl methyl sites for hydroxylation is 1. The Kier molecular flexibility index (Phi) is 5.93. The number of carbonyl (C=O) groups is 1. The van der Waals surface area contributed by atoms with E-state index in [1.165, 1.54) is 0 Å². The number of aromatic amines is 1. The largest absolute Gasteiger partial charge is 0.495 e. The molecular formula is C24H22N4O3. The number of pyridine rings is 1. The molecule has 7 heteroatoms. The summed E-state index contributed by atoms with van der Waals surface area (Å²) >= 11 is 0. The SMILES string of the molecule is COc1cccnc1COc1ccc(C(=O)Nc2cc(-c3ncc[nH]3)ccc2C)cc1. The molecule has 0 radical (unpaired) electrons. The zero-order valence-corrected chi connectivity index (χ0v) is 17.3. The van der Waals surface area contributed by atoms with Crippen molar-refractivity contribution in [1.82, 2.24) is 15.0 Å². The summed E-state index contributed by atoms with van der Waals surface area (Å²) < 4.78 is 11.1. The topological polar surface area (TPSA) is 89.1 Å². The van der Waals surface area contributed by atoms with Gasteiger partial charge in [0.2, 0.25) is 0 Å². The fourth-order valence-electron chi connectivity index (χ4n) is 3.09. The Labute approximate surface area is 180 Å². The molecule has 0 aliphatic heterocycles. The Balaban J connectivity index is 1.42. The molecule has 0 saturated heterocycles. The van der Waals surface area contributed by atoms with E-state index in [0.717, 1.165) is 22.6 Å². The molecule has 2 heterocycles. The van der Waals surface area contributed by atoms with E-state index in [1.54, 1.807) is 50.0 Å². The lowest BCUT2D eigenvalue weighted by Gasteiger charge is -2.11. The molecule has 4 aromatic rings. The molecule has 0 unspecified atom stereocenters. The van der Waals surface area contributed by atoms with E-state index in [2.05, 4.69) is 20.3 Å². The highest BCUT2D eigenvalue weighted by molar-refractivity contribution is 6.05. The van der Waals surface area contributed by atoms with Crippen molar-refractivity contribution in [2.75, 3.05) is 12.4 Å². The molecule has 0 bridgehead atoms. The van der Waals surface area contributed by atoms with Crippen molar-refractivity contribution in [2.45, 2.75) is 13.5 Å². The Bertz CT molecular complexity index is 1170. The molecule has 0 spiro atoms. The summed E-state index contributed by atoms with van der Waals surface area (Å²) in [5.74, 6) is 1.87. The number of hydrogen-bond donors (Lipinski definition) is 2. The van der Waals surface area contributed by atoms with Gasteiger partial charge < -0.3 is 19.8 Å². The molecule has 2 aromatic heterocycles. The van der Waals surface area contributed by atoms with Crippen molar-refractivity contribution < 1.29 is 14.3 Å². The van der Waals surface area contributed by atoms with Gasteiger partial charge >= 0.3 is 0 Å². The summed E-state index contributed by atoms with van der Waals surface area (Å²) in [6.07, 6.45) is 5.15. The Morgan fingerprint density at radius 1 is 1.06 bits per heavy atom. The molecule has 7 nitrogen and oxygen atoms in total. The van der Waals surface area contributed by atoms with Gasteiger partial charge in [-0.3, -0.25) is 9.78 Å². The average Bonchev–Trinajstić information content (AvgIpc) is 3.34. The molecule has 0 atom stereocenters. The monoisotopic (exact) mass is 414 g/mol. The minimum Gasteiger partial charge on any atom is -0.495 e. The zero-order chi connectivity index (χ0) is 21.6. The van der Waals surface area contributed by atoms with Crippen molar-refractivity contribution in [1.29, 1.82) is 0 Å². The number of anilines is 1. The van der Waals surface area contributed by atoms with Crippen molar-refractivity contribution in [2.24, 2.45) is 0 Å². The predicted molar refractivity (Wildman–Crippen MR) is 118 cm³/mol. The van der Waals surface area contributed by atoms with E-state index in [4.69, 9.17) is 9.47 Å². The van der Waals surface area contributed by atoms with Crippen LogP contribution in [0.5, 0.6) is 11.5 Å². The molecule has 0 aliphatic rings. The number of imidazole rings is 1. The minimum atomic E-state index is -0.197. The van der Waals surface area contributed by atoms with Crippen LogP contribution in [-0.4, -0.2) is 28.0 Å². The van der Waals surface area contributed by atoms with Gasteiger partial charge in [-0.2, -0.15) is 0 Å². The van der Waals surface area contributed by atoms with Crippen LogP contribution in [0.2, 0.25) is 0 Å². The van der Waals surface area contributed by atoms with Crippen molar-refractivity contribution >= 4 is 11.6 Å². The highest BCUT2D eigenvalue weighted by Crippen LogP contribution is 2.24. The number of nitrogens with zero attached hydrogens (tertiary/aromatic N) is 2. The number of ether oxygens (including phenoxy) is 2. The number of nitrogens with one attached hydrogen (secondary N) is 2. The molecule has 31 heavy (non-hydrogen) atoms. The van der Waals surface area contributed by atoms with Gasteiger partial charge in [0.05, 0.1) is 7.11 Å². The van der Waals surface area contributed by atoms with Crippen LogP contribution in [0, 0.1) is 6.92 Å².